The van der Waals surface area contributed by atoms with Gasteiger partial charge in [-0.2, -0.15) is 0 Å². The summed E-state index contributed by atoms with van der Waals surface area (Å²) in [6, 6.07) is 15.2. The second-order valence-electron chi connectivity index (χ2n) is 5.35. The summed E-state index contributed by atoms with van der Waals surface area (Å²) in [5.74, 6) is 1.37. The van der Waals surface area contributed by atoms with Crippen LogP contribution in [-0.2, 0) is 11.3 Å². The molecule has 1 heterocycles. The highest BCUT2D eigenvalue weighted by Crippen LogP contribution is 2.24. The topological polar surface area (TPSA) is 52.5 Å². The Kier molecular flexibility index (Phi) is 4.70. The fourth-order valence-electron chi connectivity index (χ4n) is 2.66. The minimum absolute atomic E-state index is 0.106. The molecule has 0 aliphatic rings. The number of ether oxygens (including phenoxy) is 2. The van der Waals surface area contributed by atoms with E-state index in [4.69, 9.17) is 9.47 Å². The zero-order chi connectivity index (χ0) is 16.9. The molecule has 0 fully saturated rings. The van der Waals surface area contributed by atoms with Gasteiger partial charge in [0.05, 0.1) is 19.4 Å². The quantitative estimate of drug-likeness (QED) is 0.752. The molecule has 0 atom stereocenters. The Balaban J connectivity index is 1.76. The first-order valence-corrected chi connectivity index (χ1v) is 7.86. The molecular weight excluding hydrogens is 304 g/mol. The molecule has 24 heavy (non-hydrogen) atoms. The van der Waals surface area contributed by atoms with E-state index in [2.05, 4.69) is 5.32 Å². The van der Waals surface area contributed by atoms with E-state index in [-0.39, 0.29) is 12.5 Å². The Bertz CT molecular complexity index is 855. The summed E-state index contributed by atoms with van der Waals surface area (Å²) < 4.78 is 12.7. The predicted octanol–water partition coefficient (Wildman–Crippen LogP) is 3.69. The van der Waals surface area contributed by atoms with E-state index in [1.165, 1.54) is 0 Å². The minimum atomic E-state index is -0.106. The highest BCUT2D eigenvalue weighted by Gasteiger charge is 2.10. The molecule has 0 bridgehead atoms. The average molecular weight is 324 g/mol. The third-order valence-corrected chi connectivity index (χ3v) is 3.75. The second kappa shape index (κ2) is 7.08. The summed E-state index contributed by atoms with van der Waals surface area (Å²) in [5, 5.41) is 3.93. The van der Waals surface area contributed by atoms with Gasteiger partial charge in [0, 0.05) is 17.1 Å². The number of amides is 1. The van der Waals surface area contributed by atoms with Crippen LogP contribution in [0.1, 0.15) is 6.92 Å². The Labute approximate surface area is 140 Å². The van der Waals surface area contributed by atoms with Crippen molar-refractivity contribution in [2.45, 2.75) is 13.5 Å². The molecule has 3 aromatic rings. The number of fused-ring (bicyclic) bond motifs is 1. The van der Waals surface area contributed by atoms with Gasteiger partial charge in [-0.1, -0.05) is 12.1 Å². The van der Waals surface area contributed by atoms with E-state index in [1.54, 1.807) is 7.11 Å². The van der Waals surface area contributed by atoms with E-state index in [1.807, 2.05) is 66.2 Å². The van der Waals surface area contributed by atoms with Crippen molar-refractivity contribution in [3.63, 3.8) is 0 Å². The molecule has 0 aliphatic carbocycles. The predicted molar refractivity (Wildman–Crippen MR) is 94.7 cm³/mol. The summed E-state index contributed by atoms with van der Waals surface area (Å²) in [6.07, 6.45) is 1.90. The summed E-state index contributed by atoms with van der Waals surface area (Å²) in [7, 11) is 1.58. The average Bonchev–Trinajstić information content (AvgIpc) is 2.98. The minimum Gasteiger partial charge on any atom is -0.495 e. The van der Waals surface area contributed by atoms with Crippen molar-refractivity contribution < 1.29 is 14.3 Å². The largest absolute Gasteiger partial charge is 0.495 e. The molecule has 0 saturated heterocycles. The lowest BCUT2D eigenvalue weighted by Crippen LogP contribution is -2.18. The van der Waals surface area contributed by atoms with Crippen molar-refractivity contribution in [2.75, 3.05) is 19.0 Å². The second-order valence-corrected chi connectivity index (χ2v) is 5.35. The molecule has 1 amide bonds. The van der Waals surface area contributed by atoms with Crippen LogP contribution in [-0.4, -0.2) is 24.2 Å². The van der Waals surface area contributed by atoms with Gasteiger partial charge >= 0.3 is 0 Å². The number of carbonyl (C=O) groups excluding carboxylic acids is 1. The van der Waals surface area contributed by atoms with Crippen LogP contribution in [0.15, 0.2) is 54.7 Å². The molecule has 5 heteroatoms. The smallest absolute Gasteiger partial charge is 0.244 e. The van der Waals surface area contributed by atoms with Gasteiger partial charge in [0.15, 0.2) is 0 Å². The molecule has 124 valence electrons. The molecular formula is C19H20N2O3. The van der Waals surface area contributed by atoms with Gasteiger partial charge < -0.3 is 19.4 Å². The number of aromatic nitrogens is 1. The van der Waals surface area contributed by atoms with Gasteiger partial charge in [0.1, 0.15) is 18.0 Å². The lowest BCUT2D eigenvalue weighted by atomic mass is 10.2. The van der Waals surface area contributed by atoms with E-state index in [0.29, 0.717) is 18.0 Å². The van der Waals surface area contributed by atoms with Crippen LogP contribution in [0.4, 0.5) is 5.69 Å². The number of methoxy groups -OCH3 is 1. The lowest BCUT2D eigenvalue weighted by Gasteiger charge is -2.11. The Hall–Kier alpha value is -2.95. The van der Waals surface area contributed by atoms with Gasteiger partial charge in [-0.15, -0.1) is 0 Å². The number of para-hydroxylation sites is 2. The highest BCUT2D eigenvalue weighted by atomic mass is 16.5. The van der Waals surface area contributed by atoms with Crippen LogP contribution in [0, 0.1) is 0 Å². The molecule has 1 N–H and O–H groups in total. The molecule has 0 spiro atoms. The van der Waals surface area contributed by atoms with E-state index < -0.39 is 0 Å². The molecule has 3 rings (SSSR count). The standard InChI is InChI=1S/C19H20N2O3/c1-3-24-15-8-9-17-14(12-15)10-11-21(17)13-19(22)20-16-6-4-5-7-18(16)23-2/h4-12H,3,13H2,1-2H3,(H,20,22). The van der Waals surface area contributed by atoms with Crippen LogP contribution in [0.2, 0.25) is 0 Å². The molecule has 1 aromatic heterocycles. The zero-order valence-electron chi connectivity index (χ0n) is 13.8. The zero-order valence-corrected chi connectivity index (χ0v) is 13.8. The Morgan fingerprint density at radius 3 is 2.79 bits per heavy atom. The number of nitrogens with zero attached hydrogens (tertiary/aromatic N) is 1. The first-order chi connectivity index (χ1) is 11.7. The van der Waals surface area contributed by atoms with Crippen LogP contribution >= 0.6 is 0 Å². The number of nitrogens with one attached hydrogen (secondary N) is 1. The van der Waals surface area contributed by atoms with E-state index in [0.717, 1.165) is 16.7 Å². The van der Waals surface area contributed by atoms with Gasteiger partial charge in [-0.05, 0) is 43.3 Å². The van der Waals surface area contributed by atoms with E-state index in [9.17, 15) is 4.79 Å². The summed E-state index contributed by atoms with van der Waals surface area (Å²) in [6.45, 7) is 2.82. The van der Waals surface area contributed by atoms with Crippen LogP contribution < -0.4 is 14.8 Å². The molecule has 5 nitrogen and oxygen atoms in total. The van der Waals surface area contributed by atoms with Crippen molar-refractivity contribution in [3.8, 4) is 11.5 Å². The van der Waals surface area contributed by atoms with Gasteiger partial charge in [0.2, 0.25) is 5.91 Å². The normalized spacial score (nSPS) is 10.6. The van der Waals surface area contributed by atoms with Crippen molar-refractivity contribution in [1.82, 2.24) is 4.57 Å². The van der Waals surface area contributed by atoms with Crippen LogP contribution in [0.3, 0.4) is 0 Å². The summed E-state index contributed by atoms with van der Waals surface area (Å²) in [4.78, 5) is 12.3. The van der Waals surface area contributed by atoms with Crippen LogP contribution in [0.5, 0.6) is 11.5 Å². The van der Waals surface area contributed by atoms with Gasteiger partial charge in [-0.3, -0.25) is 4.79 Å². The van der Waals surface area contributed by atoms with Gasteiger partial charge in [0.25, 0.3) is 0 Å². The Morgan fingerprint density at radius 1 is 1.17 bits per heavy atom. The maximum absolute atomic E-state index is 12.3. The van der Waals surface area contributed by atoms with Crippen molar-refractivity contribution in [3.05, 3.63) is 54.7 Å². The van der Waals surface area contributed by atoms with E-state index >= 15 is 0 Å². The lowest BCUT2D eigenvalue weighted by molar-refractivity contribution is -0.116. The summed E-state index contributed by atoms with van der Waals surface area (Å²) >= 11 is 0. The van der Waals surface area contributed by atoms with Crippen molar-refractivity contribution in [1.29, 1.82) is 0 Å². The number of benzene rings is 2. The molecule has 0 radical (unpaired) electrons. The molecule has 0 aliphatic heterocycles. The SMILES string of the molecule is CCOc1ccc2c(ccn2CC(=O)Nc2ccccc2OC)c1. The number of hydrogen-bond donors (Lipinski definition) is 1. The summed E-state index contributed by atoms with van der Waals surface area (Å²) in [5.41, 5.74) is 1.66. The monoisotopic (exact) mass is 324 g/mol. The van der Waals surface area contributed by atoms with Gasteiger partial charge in [-0.25, -0.2) is 0 Å². The maximum Gasteiger partial charge on any atom is 0.244 e. The maximum atomic E-state index is 12.3. The highest BCUT2D eigenvalue weighted by molar-refractivity contribution is 5.93. The number of carbonyl (C=O) groups is 1. The van der Waals surface area contributed by atoms with Crippen molar-refractivity contribution >= 4 is 22.5 Å². The fraction of sp³-hybridized carbons (Fsp3) is 0.211. The molecule has 2 aromatic carbocycles. The first kappa shape index (κ1) is 15.9. The fourth-order valence-corrected chi connectivity index (χ4v) is 2.66. The third-order valence-electron chi connectivity index (χ3n) is 3.75. The molecule has 0 unspecified atom stereocenters. The molecule has 0 saturated carbocycles. The number of rotatable bonds is 6. The van der Waals surface area contributed by atoms with Crippen LogP contribution in [0.25, 0.3) is 10.9 Å². The number of anilines is 1. The Morgan fingerprint density at radius 2 is 2.00 bits per heavy atom. The first-order valence-electron chi connectivity index (χ1n) is 7.86. The number of hydrogen-bond acceptors (Lipinski definition) is 3. The third kappa shape index (κ3) is 3.35. The van der Waals surface area contributed by atoms with Crippen molar-refractivity contribution in [2.24, 2.45) is 0 Å².